The minimum Gasteiger partial charge on any atom is -0.464 e. The van der Waals surface area contributed by atoms with Gasteiger partial charge in [0.25, 0.3) is 0 Å². The van der Waals surface area contributed by atoms with E-state index in [1.807, 2.05) is 5.43 Å². The molecular formula is C7H13N5O4. The van der Waals surface area contributed by atoms with E-state index in [2.05, 4.69) is 10.6 Å². The second-order valence-electron chi connectivity index (χ2n) is 3.03. The molecule has 1 heterocycles. The van der Waals surface area contributed by atoms with E-state index in [0.29, 0.717) is 19.6 Å². The number of carboxylic acid groups (broad SMARTS) is 1. The standard InChI is InChI=1S/C7H13N5O4/c13-5(10-11-7(15)16)8-1-3-12-4-2-9-6(12)14/h11H,1-4H2,(H,9,14)(H,15,16)(H2,8,10,13). The van der Waals surface area contributed by atoms with Gasteiger partial charge in [0.05, 0.1) is 0 Å². The van der Waals surface area contributed by atoms with Crippen molar-refractivity contribution in [3.63, 3.8) is 0 Å². The zero-order valence-electron chi connectivity index (χ0n) is 8.45. The SMILES string of the molecule is O=C(O)NNC(=O)NCCN1CCNC1=O. The van der Waals surface area contributed by atoms with Gasteiger partial charge in [-0.2, -0.15) is 0 Å². The highest BCUT2D eigenvalue weighted by molar-refractivity contribution is 5.77. The Labute approximate surface area is 91.1 Å². The van der Waals surface area contributed by atoms with Crippen LogP contribution in [-0.4, -0.2) is 54.3 Å². The van der Waals surface area contributed by atoms with Crippen molar-refractivity contribution in [2.75, 3.05) is 26.2 Å². The third-order valence-corrected chi connectivity index (χ3v) is 1.90. The molecule has 0 radical (unpaired) electrons. The fraction of sp³-hybridized carbons (Fsp3) is 0.571. The van der Waals surface area contributed by atoms with Crippen molar-refractivity contribution < 1.29 is 19.5 Å². The first kappa shape index (κ1) is 11.9. The number of amides is 5. The van der Waals surface area contributed by atoms with Crippen molar-refractivity contribution >= 4 is 18.2 Å². The predicted molar refractivity (Wildman–Crippen MR) is 52.7 cm³/mol. The van der Waals surface area contributed by atoms with Gasteiger partial charge in [0.15, 0.2) is 0 Å². The summed E-state index contributed by atoms with van der Waals surface area (Å²) in [7, 11) is 0. The number of hydrazine groups is 1. The molecule has 0 spiro atoms. The van der Waals surface area contributed by atoms with E-state index in [9.17, 15) is 14.4 Å². The molecular weight excluding hydrogens is 218 g/mol. The first-order valence-electron chi connectivity index (χ1n) is 4.65. The van der Waals surface area contributed by atoms with Gasteiger partial charge in [-0.3, -0.25) is 0 Å². The average Bonchev–Trinajstić information content (AvgIpc) is 2.61. The molecule has 0 unspecified atom stereocenters. The van der Waals surface area contributed by atoms with E-state index < -0.39 is 12.1 Å². The van der Waals surface area contributed by atoms with E-state index in [1.165, 1.54) is 0 Å². The van der Waals surface area contributed by atoms with Crippen LogP contribution in [0, 0.1) is 0 Å². The molecule has 0 aliphatic carbocycles. The maximum Gasteiger partial charge on any atom is 0.423 e. The Morgan fingerprint density at radius 1 is 1.44 bits per heavy atom. The van der Waals surface area contributed by atoms with E-state index in [4.69, 9.17) is 5.11 Å². The van der Waals surface area contributed by atoms with Gasteiger partial charge in [-0.25, -0.2) is 25.2 Å². The van der Waals surface area contributed by atoms with E-state index >= 15 is 0 Å². The maximum atomic E-state index is 11.1. The third kappa shape index (κ3) is 3.90. The van der Waals surface area contributed by atoms with Crippen LogP contribution in [0.1, 0.15) is 0 Å². The summed E-state index contributed by atoms with van der Waals surface area (Å²) < 4.78 is 0. The molecule has 16 heavy (non-hydrogen) atoms. The molecule has 0 bridgehead atoms. The fourth-order valence-electron chi connectivity index (χ4n) is 1.18. The fourth-order valence-corrected chi connectivity index (χ4v) is 1.18. The van der Waals surface area contributed by atoms with Gasteiger partial charge in [0, 0.05) is 26.2 Å². The highest BCUT2D eigenvalue weighted by Crippen LogP contribution is 1.93. The van der Waals surface area contributed by atoms with Gasteiger partial charge < -0.3 is 20.6 Å². The van der Waals surface area contributed by atoms with Gasteiger partial charge in [0.2, 0.25) is 0 Å². The third-order valence-electron chi connectivity index (χ3n) is 1.90. The van der Waals surface area contributed by atoms with Crippen LogP contribution < -0.4 is 21.5 Å². The number of hydrogen-bond acceptors (Lipinski definition) is 3. The number of carbonyl (C=O) groups excluding carboxylic acids is 2. The second kappa shape index (κ2) is 5.63. The first-order chi connectivity index (χ1) is 7.59. The van der Waals surface area contributed by atoms with E-state index in [0.717, 1.165) is 0 Å². The van der Waals surface area contributed by atoms with E-state index in [1.54, 1.807) is 10.3 Å². The quantitative estimate of drug-likeness (QED) is 0.379. The summed E-state index contributed by atoms with van der Waals surface area (Å²) >= 11 is 0. The molecule has 90 valence electrons. The van der Waals surface area contributed by atoms with Crippen molar-refractivity contribution in [2.45, 2.75) is 0 Å². The lowest BCUT2D eigenvalue weighted by atomic mass is 10.5. The van der Waals surface area contributed by atoms with Gasteiger partial charge in [-0.05, 0) is 0 Å². The molecule has 0 aromatic rings. The highest BCUT2D eigenvalue weighted by atomic mass is 16.4. The zero-order valence-corrected chi connectivity index (χ0v) is 8.45. The van der Waals surface area contributed by atoms with Gasteiger partial charge in [-0.1, -0.05) is 0 Å². The summed E-state index contributed by atoms with van der Waals surface area (Å²) in [5, 5.41) is 13.2. The topological polar surface area (TPSA) is 123 Å². The molecule has 1 fully saturated rings. The maximum absolute atomic E-state index is 11.1. The van der Waals surface area contributed by atoms with E-state index in [-0.39, 0.29) is 12.6 Å². The van der Waals surface area contributed by atoms with Gasteiger partial charge >= 0.3 is 18.2 Å². The molecule has 5 N–H and O–H groups in total. The number of rotatable bonds is 3. The van der Waals surface area contributed by atoms with Crippen molar-refractivity contribution in [1.82, 2.24) is 26.4 Å². The molecule has 0 aromatic heterocycles. The van der Waals surface area contributed by atoms with Crippen molar-refractivity contribution in [3.8, 4) is 0 Å². The van der Waals surface area contributed by atoms with Crippen LogP contribution in [0.15, 0.2) is 0 Å². The minimum absolute atomic E-state index is 0.161. The molecule has 0 aromatic carbocycles. The van der Waals surface area contributed by atoms with Crippen LogP contribution in [0.3, 0.4) is 0 Å². The normalized spacial score (nSPS) is 14.2. The van der Waals surface area contributed by atoms with Gasteiger partial charge in [0.1, 0.15) is 0 Å². The zero-order chi connectivity index (χ0) is 12.0. The molecule has 5 amide bonds. The Balaban J connectivity index is 2.08. The summed E-state index contributed by atoms with van der Waals surface area (Å²) in [5.41, 5.74) is 3.59. The van der Waals surface area contributed by atoms with Crippen molar-refractivity contribution in [3.05, 3.63) is 0 Å². The number of nitrogens with one attached hydrogen (secondary N) is 4. The van der Waals surface area contributed by atoms with Crippen LogP contribution >= 0.6 is 0 Å². The lowest BCUT2D eigenvalue weighted by Crippen LogP contribution is -2.48. The summed E-state index contributed by atoms with van der Waals surface area (Å²) in [6.45, 7) is 1.84. The highest BCUT2D eigenvalue weighted by Gasteiger charge is 2.18. The Hall–Kier alpha value is -2.19. The molecule has 1 saturated heterocycles. The Morgan fingerprint density at radius 2 is 2.19 bits per heavy atom. The van der Waals surface area contributed by atoms with Crippen LogP contribution in [-0.2, 0) is 0 Å². The summed E-state index contributed by atoms with van der Waals surface area (Å²) in [6.07, 6.45) is -1.35. The van der Waals surface area contributed by atoms with Crippen molar-refractivity contribution in [2.24, 2.45) is 0 Å². The van der Waals surface area contributed by atoms with Crippen LogP contribution in [0.25, 0.3) is 0 Å². The Kier molecular flexibility index (Phi) is 4.18. The Bertz CT molecular complexity index is 295. The number of carbonyl (C=O) groups is 3. The molecule has 0 saturated carbocycles. The second-order valence-corrected chi connectivity index (χ2v) is 3.03. The summed E-state index contributed by atoms with van der Waals surface area (Å²) in [6, 6.07) is -0.826. The number of hydrogen-bond donors (Lipinski definition) is 5. The molecule has 9 nitrogen and oxygen atoms in total. The first-order valence-corrected chi connectivity index (χ1v) is 4.65. The molecule has 1 rings (SSSR count). The van der Waals surface area contributed by atoms with Crippen LogP contribution in [0.5, 0.6) is 0 Å². The smallest absolute Gasteiger partial charge is 0.423 e. The summed E-state index contributed by atoms with van der Waals surface area (Å²) in [5.74, 6) is 0. The molecule has 9 heteroatoms. The molecule has 0 atom stereocenters. The van der Waals surface area contributed by atoms with Gasteiger partial charge in [-0.15, -0.1) is 0 Å². The minimum atomic E-state index is -1.35. The summed E-state index contributed by atoms with van der Waals surface area (Å²) in [4.78, 5) is 33.6. The largest absolute Gasteiger partial charge is 0.464 e. The predicted octanol–water partition coefficient (Wildman–Crippen LogP) is -1.51. The average molecular weight is 231 g/mol. The monoisotopic (exact) mass is 231 g/mol. The number of urea groups is 2. The Morgan fingerprint density at radius 3 is 2.75 bits per heavy atom. The van der Waals surface area contributed by atoms with Crippen LogP contribution in [0.4, 0.5) is 14.4 Å². The van der Waals surface area contributed by atoms with Crippen LogP contribution in [0.2, 0.25) is 0 Å². The molecule has 1 aliphatic heterocycles. The lowest BCUT2D eigenvalue weighted by molar-refractivity contribution is 0.186. The molecule has 1 aliphatic rings. The van der Waals surface area contributed by atoms with Crippen molar-refractivity contribution in [1.29, 1.82) is 0 Å². The number of nitrogens with zero attached hydrogens (tertiary/aromatic N) is 1. The lowest BCUT2D eigenvalue weighted by Gasteiger charge is -2.14.